The Morgan fingerprint density at radius 1 is 0.909 bits per heavy atom. The summed E-state index contributed by atoms with van der Waals surface area (Å²) in [7, 11) is 0. The van der Waals surface area contributed by atoms with Gasteiger partial charge in [0.25, 0.3) is 0 Å². The van der Waals surface area contributed by atoms with Crippen LogP contribution in [-0.2, 0) is 14.4 Å². The number of ether oxygens (including phenoxy) is 1. The molecular formula is C17H34O5. The lowest BCUT2D eigenvalue weighted by Gasteiger charge is -2.10. The minimum atomic E-state index is -0.846. The Balaban J connectivity index is 3.23. The highest BCUT2D eigenvalue weighted by Crippen LogP contribution is 2.12. The third kappa shape index (κ3) is 14.3. The van der Waals surface area contributed by atoms with E-state index in [0.717, 1.165) is 12.8 Å². The summed E-state index contributed by atoms with van der Waals surface area (Å²) >= 11 is 0. The van der Waals surface area contributed by atoms with Gasteiger partial charge in [-0.1, -0.05) is 71.1 Å². The highest BCUT2D eigenvalue weighted by Gasteiger charge is 2.10. The molecule has 0 radical (unpaired) electrons. The van der Waals surface area contributed by atoms with Crippen LogP contribution >= 0.6 is 0 Å². The van der Waals surface area contributed by atoms with Gasteiger partial charge in [-0.2, -0.15) is 0 Å². The smallest absolute Gasteiger partial charge is 0.305 e. The van der Waals surface area contributed by atoms with E-state index in [-0.39, 0.29) is 19.2 Å². The second-order valence-electron chi connectivity index (χ2n) is 5.88. The number of unbranched alkanes of at least 4 members (excludes halogenated alkanes) is 10. The van der Waals surface area contributed by atoms with Crippen molar-refractivity contribution in [3.8, 4) is 0 Å². The molecule has 132 valence electrons. The van der Waals surface area contributed by atoms with E-state index < -0.39 is 6.10 Å². The summed E-state index contributed by atoms with van der Waals surface area (Å²) in [5, 5.41) is 17.1. The van der Waals surface area contributed by atoms with E-state index in [0.29, 0.717) is 6.42 Å². The predicted molar refractivity (Wildman–Crippen MR) is 86.6 cm³/mol. The fourth-order valence-electron chi connectivity index (χ4n) is 2.31. The van der Waals surface area contributed by atoms with Gasteiger partial charge in [0.15, 0.2) is 0 Å². The molecule has 0 amide bonds. The Kier molecular flexibility index (Phi) is 16.2. The molecule has 5 heteroatoms. The molecule has 0 saturated heterocycles. The van der Waals surface area contributed by atoms with E-state index in [1.165, 1.54) is 57.8 Å². The van der Waals surface area contributed by atoms with Crippen LogP contribution in [0.1, 0.15) is 84.0 Å². The molecule has 0 aromatic rings. The van der Waals surface area contributed by atoms with Crippen LogP contribution in [0.15, 0.2) is 0 Å². The Morgan fingerprint density at radius 3 is 1.86 bits per heavy atom. The van der Waals surface area contributed by atoms with Gasteiger partial charge < -0.3 is 9.84 Å². The molecule has 0 aliphatic rings. The van der Waals surface area contributed by atoms with Crippen molar-refractivity contribution in [3.05, 3.63) is 0 Å². The van der Waals surface area contributed by atoms with Gasteiger partial charge in [-0.25, -0.2) is 4.89 Å². The molecule has 0 rings (SSSR count). The third-order valence-electron chi connectivity index (χ3n) is 3.77. The molecule has 0 bridgehead atoms. The summed E-state index contributed by atoms with van der Waals surface area (Å²) in [6.45, 7) is 1.76. The summed E-state index contributed by atoms with van der Waals surface area (Å²) in [4.78, 5) is 15.3. The maximum atomic E-state index is 11.4. The number of hydrogen-bond donors (Lipinski definition) is 2. The highest BCUT2D eigenvalue weighted by molar-refractivity contribution is 5.69. The van der Waals surface area contributed by atoms with Crippen LogP contribution in [-0.4, -0.2) is 35.7 Å². The molecule has 1 atom stereocenters. The number of hydrogen-bond acceptors (Lipinski definition) is 5. The van der Waals surface area contributed by atoms with E-state index in [2.05, 4.69) is 11.8 Å². The van der Waals surface area contributed by atoms with Gasteiger partial charge in [0.2, 0.25) is 0 Å². The van der Waals surface area contributed by atoms with E-state index >= 15 is 0 Å². The lowest BCUT2D eigenvalue weighted by Crippen LogP contribution is -2.24. The lowest BCUT2D eigenvalue weighted by atomic mass is 10.1. The number of rotatable bonds is 16. The Hall–Kier alpha value is -0.650. The Morgan fingerprint density at radius 2 is 1.41 bits per heavy atom. The first-order chi connectivity index (χ1) is 10.7. The molecule has 0 aromatic heterocycles. The van der Waals surface area contributed by atoms with Gasteiger partial charge in [-0.05, 0) is 6.42 Å². The lowest BCUT2D eigenvalue weighted by molar-refractivity contribution is -0.291. The van der Waals surface area contributed by atoms with Crippen molar-refractivity contribution in [2.75, 3.05) is 13.2 Å². The summed E-state index contributed by atoms with van der Waals surface area (Å²) in [6, 6.07) is 0. The van der Waals surface area contributed by atoms with Crippen LogP contribution in [0.2, 0.25) is 0 Å². The minimum Gasteiger partial charge on any atom is -0.463 e. The van der Waals surface area contributed by atoms with E-state index in [1.54, 1.807) is 0 Å². The van der Waals surface area contributed by atoms with E-state index in [4.69, 9.17) is 15.1 Å². The quantitative estimate of drug-likeness (QED) is 0.194. The normalized spacial score (nSPS) is 12.3. The van der Waals surface area contributed by atoms with Crippen molar-refractivity contribution in [3.63, 3.8) is 0 Å². The monoisotopic (exact) mass is 318 g/mol. The van der Waals surface area contributed by atoms with Gasteiger partial charge in [0.1, 0.15) is 12.7 Å². The van der Waals surface area contributed by atoms with Crippen molar-refractivity contribution in [2.24, 2.45) is 0 Å². The van der Waals surface area contributed by atoms with Crippen LogP contribution in [0, 0.1) is 0 Å². The number of carbonyl (C=O) groups excluding carboxylic acids is 1. The molecule has 0 unspecified atom stereocenters. The fourth-order valence-corrected chi connectivity index (χ4v) is 2.31. The molecule has 0 fully saturated rings. The zero-order chi connectivity index (χ0) is 16.5. The molecule has 2 N–H and O–H groups in total. The summed E-state index contributed by atoms with van der Waals surface area (Å²) in [6.07, 6.45) is 13.2. The van der Waals surface area contributed by atoms with Crippen molar-refractivity contribution < 1.29 is 24.8 Å². The average Bonchev–Trinajstić information content (AvgIpc) is 2.53. The standard InChI is InChI=1S/C17H34O5/c1-2-3-4-5-6-7-8-9-10-11-12-13-17(19)21-15-16(14-18)22-20/h16,18,20H,2-15H2,1H3/t16-/m0/s1. The maximum Gasteiger partial charge on any atom is 0.305 e. The van der Waals surface area contributed by atoms with Crippen molar-refractivity contribution in [2.45, 2.75) is 90.1 Å². The third-order valence-corrected chi connectivity index (χ3v) is 3.77. The minimum absolute atomic E-state index is 0.107. The molecule has 22 heavy (non-hydrogen) atoms. The summed E-state index contributed by atoms with van der Waals surface area (Å²) in [5.74, 6) is -0.300. The van der Waals surface area contributed by atoms with Gasteiger partial charge in [-0.15, -0.1) is 0 Å². The van der Waals surface area contributed by atoms with Gasteiger partial charge in [-0.3, -0.25) is 10.1 Å². The Bertz CT molecular complexity index is 241. The molecule has 0 spiro atoms. The average molecular weight is 318 g/mol. The van der Waals surface area contributed by atoms with Crippen LogP contribution < -0.4 is 0 Å². The highest BCUT2D eigenvalue weighted by atomic mass is 17.1. The van der Waals surface area contributed by atoms with Crippen LogP contribution in [0.3, 0.4) is 0 Å². The van der Waals surface area contributed by atoms with Crippen LogP contribution in [0.25, 0.3) is 0 Å². The molecule has 0 aliphatic heterocycles. The number of esters is 1. The predicted octanol–water partition coefficient (Wildman–Crippen LogP) is 4.08. The van der Waals surface area contributed by atoms with Gasteiger partial charge >= 0.3 is 5.97 Å². The van der Waals surface area contributed by atoms with Crippen molar-refractivity contribution in [1.29, 1.82) is 0 Å². The summed E-state index contributed by atoms with van der Waals surface area (Å²) in [5.41, 5.74) is 0. The first-order valence-corrected chi connectivity index (χ1v) is 8.81. The zero-order valence-corrected chi connectivity index (χ0v) is 14.1. The summed E-state index contributed by atoms with van der Waals surface area (Å²) < 4.78 is 4.89. The number of carbonyl (C=O) groups is 1. The fraction of sp³-hybridized carbons (Fsp3) is 0.941. The number of aliphatic hydroxyl groups excluding tert-OH is 1. The maximum absolute atomic E-state index is 11.4. The van der Waals surface area contributed by atoms with Crippen molar-refractivity contribution >= 4 is 5.97 Å². The number of aliphatic hydroxyl groups is 1. The van der Waals surface area contributed by atoms with E-state index in [9.17, 15) is 4.79 Å². The van der Waals surface area contributed by atoms with Gasteiger partial charge in [0.05, 0.1) is 6.61 Å². The molecule has 0 aromatic carbocycles. The largest absolute Gasteiger partial charge is 0.463 e. The molecule has 0 aliphatic carbocycles. The van der Waals surface area contributed by atoms with Crippen LogP contribution in [0.4, 0.5) is 0 Å². The second-order valence-corrected chi connectivity index (χ2v) is 5.88. The first-order valence-electron chi connectivity index (χ1n) is 8.81. The Labute approximate surface area is 134 Å². The molecule has 0 heterocycles. The molecular weight excluding hydrogens is 284 g/mol. The zero-order valence-electron chi connectivity index (χ0n) is 14.1. The van der Waals surface area contributed by atoms with E-state index in [1.807, 2.05) is 0 Å². The van der Waals surface area contributed by atoms with Gasteiger partial charge in [0, 0.05) is 6.42 Å². The van der Waals surface area contributed by atoms with Crippen LogP contribution in [0.5, 0.6) is 0 Å². The molecule has 5 nitrogen and oxygen atoms in total. The molecule has 0 saturated carbocycles. The first kappa shape index (κ1) is 21.4. The SMILES string of the molecule is CCCCCCCCCCCCCC(=O)OC[C@H](CO)OO. The van der Waals surface area contributed by atoms with Crippen molar-refractivity contribution in [1.82, 2.24) is 0 Å². The second kappa shape index (κ2) is 16.7. The topological polar surface area (TPSA) is 76.0 Å².